The van der Waals surface area contributed by atoms with Crippen LogP contribution in [-0.4, -0.2) is 16.6 Å². The second-order valence-corrected chi connectivity index (χ2v) is 6.85. The Hall–Kier alpha value is -3.46. The Labute approximate surface area is 164 Å². The highest BCUT2D eigenvalue weighted by molar-refractivity contribution is 6.15. The first-order chi connectivity index (χ1) is 13.7. The molecule has 0 spiro atoms. The van der Waals surface area contributed by atoms with Gasteiger partial charge in [-0.2, -0.15) is 0 Å². The van der Waals surface area contributed by atoms with E-state index < -0.39 is 0 Å². The first-order valence-corrected chi connectivity index (χ1v) is 9.46. The monoisotopic (exact) mass is 367 g/mol. The van der Waals surface area contributed by atoms with Crippen LogP contribution < -0.4 is 0 Å². The molecule has 138 valence electrons. The van der Waals surface area contributed by atoms with E-state index in [2.05, 4.69) is 0 Å². The van der Waals surface area contributed by atoms with E-state index in [1.807, 2.05) is 91.0 Å². The topological polar surface area (TPSA) is 37.4 Å². The highest BCUT2D eigenvalue weighted by atomic mass is 16.2. The summed E-state index contributed by atoms with van der Waals surface area (Å²) in [4.78, 5) is 27.9. The number of amides is 1. The number of carbonyl (C=O) groups excluding carboxylic acids is 2. The van der Waals surface area contributed by atoms with Gasteiger partial charge in [0.2, 0.25) is 5.91 Å². The molecule has 0 fully saturated rings. The van der Waals surface area contributed by atoms with Crippen LogP contribution in [0.25, 0.3) is 5.70 Å². The maximum atomic E-state index is 13.3. The van der Waals surface area contributed by atoms with Crippen LogP contribution in [-0.2, 0) is 11.3 Å². The number of hydrogen-bond donors (Lipinski definition) is 0. The molecule has 3 nitrogen and oxygen atoms in total. The highest BCUT2D eigenvalue weighted by Crippen LogP contribution is 2.34. The van der Waals surface area contributed by atoms with Crippen LogP contribution in [0.4, 0.5) is 0 Å². The molecule has 3 aromatic carbocycles. The summed E-state index contributed by atoms with van der Waals surface area (Å²) >= 11 is 0. The minimum absolute atomic E-state index is 0.00925. The predicted molar refractivity (Wildman–Crippen MR) is 110 cm³/mol. The number of nitrogens with zero attached hydrogens (tertiary/aromatic N) is 1. The summed E-state index contributed by atoms with van der Waals surface area (Å²) in [6.07, 6.45) is 0.805. The highest BCUT2D eigenvalue weighted by Gasteiger charge is 2.31. The van der Waals surface area contributed by atoms with Gasteiger partial charge in [-0.3, -0.25) is 9.59 Å². The van der Waals surface area contributed by atoms with Gasteiger partial charge in [-0.05, 0) is 17.5 Å². The molecule has 0 radical (unpaired) electrons. The van der Waals surface area contributed by atoms with Crippen molar-refractivity contribution < 1.29 is 9.59 Å². The van der Waals surface area contributed by atoms with Crippen molar-refractivity contribution in [1.82, 2.24) is 4.90 Å². The third-order valence-corrected chi connectivity index (χ3v) is 4.99. The lowest BCUT2D eigenvalue weighted by Gasteiger charge is -2.32. The van der Waals surface area contributed by atoms with E-state index in [0.29, 0.717) is 30.5 Å². The average molecular weight is 367 g/mol. The van der Waals surface area contributed by atoms with Crippen molar-refractivity contribution in [2.75, 3.05) is 0 Å². The lowest BCUT2D eigenvalue weighted by Crippen LogP contribution is -2.34. The van der Waals surface area contributed by atoms with Crippen LogP contribution in [0.2, 0.25) is 0 Å². The van der Waals surface area contributed by atoms with Crippen molar-refractivity contribution in [3.05, 3.63) is 113 Å². The molecule has 1 aliphatic rings. The third-order valence-electron chi connectivity index (χ3n) is 4.99. The fourth-order valence-electron chi connectivity index (χ4n) is 3.62. The van der Waals surface area contributed by atoms with Crippen LogP contribution >= 0.6 is 0 Å². The van der Waals surface area contributed by atoms with Crippen molar-refractivity contribution >= 4 is 17.4 Å². The van der Waals surface area contributed by atoms with Crippen molar-refractivity contribution in [3.8, 4) is 0 Å². The number of ketones is 1. The molecule has 0 aliphatic carbocycles. The Bertz CT molecular complexity index is 1010. The van der Waals surface area contributed by atoms with Gasteiger partial charge in [0.05, 0.1) is 12.2 Å². The number of Topliss-reactive ketones (excluding diaryl/α,β-unsaturated/α-hetero) is 1. The Kier molecular flexibility index (Phi) is 5.16. The maximum Gasteiger partial charge on any atom is 0.227 e. The Morgan fingerprint density at radius 2 is 1.32 bits per heavy atom. The van der Waals surface area contributed by atoms with Crippen LogP contribution in [0.3, 0.4) is 0 Å². The molecule has 1 aliphatic heterocycles. The van der Waals surface area contributed by atoms with Crippen LogP contribution in [0, 0.1) is 0 Å². The van der Waals surface area contributed by atoms with E-state index in [1.54, 1.807) is 4.90 Å². The standard InChI is InChI=1S/C25H21NO2/c27-23-17-16-22(25(28)21-14-8-3-9-15-21)24(20-12-6-2-7-13-20)26(23)18-19-10-4-1-5-11-19/h1-15H,16-18H2. The maximum absolute atomic E-state index is 13.3. The zero-order chi connectivity index (χ0) is 19.3. The van der Waals surface area contributed by atoms with E-state index in [4.69, 9.17) is 0 Å². The minimum atomic E-state index is -0.00925. The summed E-state index contributed by atoms with van der Waals surface area (Å²) in [7, 11) is 0. The van der Waals surface area contributed by atoms with E-state index in [-0.39, 0.29) is 11.7 Å². The molecule has 4 rings (SSSR count). The molecule has 0 bridgehead atoms. The molecule has 0 saturated heterocycles. The number of carbonyl (C=O) groups is 2. The molecular weight excluding hydrogens is 346 g/mol. The smallest absolute Gasteiger partial charge is 0.227 e. The molecule has 0 N–H and O–H groups in total. The Balaban J connectivity index is 1.84. The Morgan fingerprint density at radius 3 is 1.96 bits per heavy atom. The number of benzene rings is 3. The summed E-state index contributed by atoms with van der Waals surface area (Å²) in [5.41, 5.74) is 4.02. The largest absolute Gasteiger partial charge is 0.307 e. The number of hydrogen-bond acceptors (Lipinski definition) is 2. The van der Waals surface area contributed by atoms with Gasteiger partial charge in [0.15, 0.2) is 5.78 Å². The van der Waals surface area contributed by atoms with Crippen LogP contribution in [0.15, 0.2) is 96.6 Å². The first kappa shape index (κ1) is 17.9. The molecule has 0 aromatic heterocycles. The Morgan fingerprint density at radius 1 is 0.750 bits per heavy atom. The zero-order valence-electron chi connectivity index (χ0n) is 15.5. The van der Waals surface area contributed by atoms with Gasteiger partial charge in [-0.25, -0.2) is 0 Å². The van der Waals surface area contributed by atoms with E-state index in [1.165, 1.54) is 0 Å². The summed E-state index contributed by atoms with van der Waals surface area (Å²) in [5.74, 6) is 0.0392. The number of rotatable bonds is 5. The van der Waals surface area contributed by atoms with Crippen molar-refractivity contribution in [3.63, 3.8) is 0 Å². The SMILES string of the molecule is O=C(C1=C(c2ccccc2)N(Cc2ccccc2)C(=O)CC1)c1ccccc1. The summed E-state index contributed by atoms with van der Waals surface area (Å²) < 4.78 is 0. The average Bonchev–Trinajstić information content (AvgIpc) is 2.76. The van der Waals surface area contributed by atoms with Crippen molar-refractivity contribution in [1.29, 1.82) is 0 Å². The third kappa shape index (κ3) is 3.65. The zero-order valence-corrected chi connectivity index (χ0v) is 15.5. The molecule has 3 aromatic rings. The minimum Gasteiger partial charge on any atom is -0.307 e. The van der Waals surface area contributed by atoms with Gasteiger partial charge in [-0.15, -0.1) is 0 Å². The van der Waals surface area contributed by atoms with Gasteiger partial charge in [0.1, 0.15) is 0 Å². The fourth-order valence-corrected chi connectivity index (χ4v) is 3.62. The van der Waals surface area contributed by atoms with Crippen molar-refractivity contribution in [2.45, 2.75) is 19.4 Å². The number of allylic oxidation sites excluding steroid dienone is 1. The second-order valence-electron chi connectivity index (χ2n) is 6.85. The van der Waals surface area contributed by atoms with Gasteiger partial charge in [-0.1, -0.05) is 91.0 Å². The van der Waals surface area contributed by atoms with Crippen LogP contribution in [0.1, 0.15) is 34.3 Å². The fraction of sp³-hybridized carbons (Fsp3) is 0.120. The quantitative estimate of drug-likeness (QED) is 0.588. The van der Waals surface area contributed by atoms with E-state index >= 15 is 0 Å². The molecule has 0 atom stereocenters. The lowest BCUT2D eigenvalue weighted by atomic mass is 9.90. The van der Waals surface area contributed by atoms with Gasteiger partial charge < -0.3 is 4.90 Å². The summed E-state index contributed by atoms with van der Waals surface area (Å²) in [6, 6.07) is 28.9. The molecule has 3 heteroatoms. The molecule has 0 saturated carbocycles. The second kappa shape index (κ2) is 8.05. The van der Waals surface area contributed by atoms with Gasteiger partial charge >= 0.3 is 0 Å². The molecule has 1 amide bonds. The normalized spacial score (nSPS) is 14.3. The summed E-state index contributed by atoms with van der Waals surface area (Å²) in [6.45, 7) is 0.454. The van der Waals surface area contributed by atoms with Crippen molar-refractivity contribution in [2.24, 2.45) is 0 Å². The van der Waals surface area contributed by atoms with E-state index in [0.717, 1.165) is 16.8 Å². The van der Waals surface area contributed by atoms with Crippen LogP contribution in [0.5, 0.6) is 0 Å². The van der Waals surface area contributed by atoms with E-state index in [9.17, 15) is 9.59 Å². The summed E-state index contributed by atoms with van der Waals surface area (Å²) in [5, 5.41) is 0. The van der Waals surface area contributed by atoms with Gasteiger partial charge in [0, 0.05) is 17.6 Å². The molecule has 28 heavy (non-hydrogen) atoms. The molecule has 0 unspecified atom stereocenters. The lowest BCUT2D eigenvalue weighted by molar-refractivity contribution is -0.128. The molecule has 1 heterocycles. The first-order valence-electron chi connectivity index (χ1n) is 9.46. The molecular formula is C25H21NO2. The van der Waals surface area contributed by atoms with Gasteiger partial charge in [0.25, 0.3) is 0 Å². The predicted octanol–water partition coefficient (Wildman–Crippen LogP) is 5.10.